The number of sulfonamides is 2. The second-order valence-corrected chi connectivity index (χ2v) is 18.3. The smallest absolute Gasteiger partial charge is 0.465 e. The molecule has 1 aromatic carbocycles. The molecule has 0 spiro atoms. The second kappa shape index (κ2) is 19.1. The Morgan fingerprint density at radius 1 is 0.650 bits per heavy atom. The Morgan fingerprint density at radius 2 is 0.983 bits per heavy atom. The quantitative estimate of drug-likeness (QED) is 0.0726. The molecule has 60 heavy (non-hydrogen) atoms. The van der Waals surface area contributed by atoms with Crippen molar-refractivity contribution < 1.29 is 112 Å². The van der Waals surface area contributed by atoms with Crippen molar-refractivity contribution in [3.8, 4) is 0 Å². The number of benzene rings is 1. The topological polar surface area (TPSA) is 221 Å². The Balaban J connectivity index is 0.000000457. The van der Waals surface area contributed by atoms with E-state index in [-0.39, 0.29) is 32.2 Å². The van der Waals surface area contributed by atoms with Crippen LogP contribution in [-0.2, 0) is 77.2 Å². The molecule has 17 nitrogen and oxygen atoms in total. The molecule has 346 valence electrons. The molecule has 0 N–H and O–H groups in total. The minimum absolute atomic E-state index is 0.00810. The van der Waals surface area contributed by atoms with E-state index in [1.807, 2.05) is 0 Å². The fourth-order valence-electron chi connectivity index (χ4n) is 4.15. The first-order valence-corrected chi connectivity index (χ1v) is 20.7. The number of hydrogen-bond acceptors (Lipinski definition) is 16. The van der Waals surface area contributed by atoms with Gasteiger partial charge in [0.25, 0.3) is 0 Å². The third kappa shape index (κ3) is 12.6. The molecule has 0 amide bonds. The van der Waals surface area contributed by atoms with Crippen LogP contribution in [0.5, 0.6) is 0 Å². The van der Waals surface area contributed by atoms with Crippen molar-refractivity contribution in [2.45, 2.75) is 76.6 Å². The number of alkyl halides is 9. The number of carbonyl (C=O) groups excluding carboxylic acids is 3. The van der Waals surface area contributed by atoms with Crippen molar-refractivity contribution in [2.75, 3.05) is 43.4 Å². The molecule has 0 radical (unpaired) electrons. The van der Waals surface area contributed by atoms with E-state index in [0.29, 0.717) is 12.1 Å². The number of ether oxygens (including phenoxy) is 6. The number of anilines is 1. The monoisotopic (exact) mass is 949 g/mol. The molecule has 0 atom stereocenters. The highest BCUT2D eigenvalue weighted by Crippen LogP contribution is 2.41. The Morgan fingerprint density at radius 3 is 1.28 bits per heavy atom. The lowest BCUT2D eigenvalue weighted by molar-refractivity contribution is -0.281. The average molecular weight is 950 g/mol. The summed E-state index contributed by atoms with van der Waals surface area (Å²) >= 11 is 0. The maximum atomic E-state index is 12.4. The fourth-order valence-corrected chi connectivity index (χ4v) is 7.39. The van der Waals surface area contributed by atoms with Gasteiger partial charge in [0.15, 0.2) is 28.2 Å². The molecule has 0 unspecified atom stereocenters. The summed E-state index contributed by atoms with van der Waals surface area (Å²) < 4.78 is 212. The van der Waals surface area contributed by atoms with Crippen molar-refractivity contribution in [1.82, 2.24) is 0 Å². The van der Waals surface area contributed by atoms with Gasteiger partial charge in [0.05, 0.1) is 45.3 Å². The lowest BCUT2D eigenvalue weighted by Crippen LogP contribution is -2.54. The number of ketones is 1. The zero-order valence-electron chi connectivity index (χ0n) is 32.4. The van der Waals surface area contributed by atoms with Gasteiger partial charge in [-0.25, -0.2) is 0 Å². The van der Waals surface area contributed by atoms with Gasteiger partial charge >= 0.3 is 58.6 Å². The van der Waals surface area contributed by atoms with Crippen molar-refractivity contribution >= 4 is 53.6 Å². The van der Waals surface area contributed by atoms with Crippen LogP contribution in [-0.4, -0.2) is 111 Å². The second-order valence-electron chi connectivity index (χ2n) is 13.0. The molecule has 2 fully saturated rings. The van der Waals surface area contributed by atoms with Crippen LogP contribution in [0.2, 0.25) is 0 Å². The van der Waals surface area contributed by atoms with Crippen LogP contribution in [0.3, 0.4) is 0 Å². The van der Waals surface area contributed by atoms with Crippen LogP contribution < -0.4 is 3.71 Å². The summed E-state index contributed by atoms with van der Waals surface area (Å²) in [5.74, 6) is -4.77. The first kappa shape index (κ1) is 54.2. The van der Waals surface area contributed by atoms with Crippen LogP contribution in [0.1, 0.15) is 48.5 Å². The van der Waals surface area contributed by atoms with E-state index in [1.54, 1.807) is 20.8 Å². The van der Waals surface area contributed by atoms with E-state index in [4.69, 9.17) is 28.4 Å². The molecule has 1 aromatic rings. The lowest BCUT2D eigenvalue weighted by Gasteiger charge is -2.41. The van der Waals surface area contributed by atoms with Crippen LogP contribution in [0.25, 0.3) is 0 Å². The summed E-state index contributed by atoms with van der Waals surface area (Å²) in [4.78, 5) is 35.5. The summed E-state index contributed by atoms with van der Waals surface area (Å²) in [6.07, 6.45) is 0. The lowest BCUT2D eigenvalue weighted by atomic mass is 9.85. The highest BCUT2D eigenvalue weighted by atomic mass is 32.3. The predicted octanol–water partition coefficient (Wildman–Crippen LogP) is 4.80. The molecular weight excluding hydrogens is 910 g/mol. The number of esters is 2. The van der Waals surface area contributed by atoms with Gasteiger partial charge in [0.2, 0.25) is 0 Å². The molecule has 2 aliphatic heterocycles. The standard InChI is InChI=1S/C12H17F3O7S.C11H18O5.C8H5F6NO4S2/c1-5-19-9(16)11(6-20-10(3,4)21-7-11)8(2)22-23(17,18)12(13,14)15;1-5-14-9(13)11(8(2)12)6-15-10(3,4)16-7-11;9-7(10,11)20(16,17)15(6-4-2-1-3-5-6)21(18,19)8(12,13)14/h2,5-7H2,1,3-4H3;5-7H2,1-4H3;1-5H. The molecule has 0 bridgehead atoms. The van der Waals surface area contributed by atoms with Gasteiger partial charge in [0.1, 0.15) is 5.76 Å². The number of halogens is 9. The third-order valence-corrected chi connectivity index (χ3v) is 12.3. The number of hydrogen-bond donors (Lipinski definition) is 0. The van der Waals surface area contributed by atoms with Crippen LogP contribution in [0.15, 0.2) is 42.7 Å². The average Bonchev–Trinajstić information content (AvgIpc) is 3.08. The molecule has 3 rings (SSSR count). The van der Waals surface area contributed by atoms with Gasteiger partial charge in [-0.2, -0.15) is 64.8 Å². The maximum absolute atomic E-state index is 12.4. The molecule has 29 heteroatoms. The maximum Gasteiger partial charge on any atom is 0.534 e. The van der Waals surface area contributed by atoms with Gasteiger partial charge < -0.3 is 32.6 Å². The number of Topliss-reactive ketones (excluding diaryl/α,β-unsaturated/α-hetero) is 1. The number of carbonyl (C=O) groups is 3. The molecule has 0 saturated carbocycles. The van der Waals surface area contributed by atoms with E-state index >= 15 is 0 Å². The van der Waals surface area contributed by atoms with Crippen molar-refractivity contribution in [2.24, 2.45) is 10.8 Å². The molecular formula is C31H40F9NO16S3. The Kier molecular flexibility index (Phi) is 17.3. The SMILES string of the molecule is C=C(OS(=O)(=O)C(F)(F)F)C1(C(=O)OCC)COC(C)(C)OC1.CCOC(=O)C1(C(C)=O)COC(C)(C)OC1.O=S(=O)(N(c1ccccc1)S(=O)(=O)C(F)(F)F)C(F)(F)F. The van der Waals surface area contributed by atoms with Crippen LogP contribution >= 0.6 is 0 Å². The highest BCUT2D eigenvalue weighted by molar-refractivity contribution is 8.11. The largest absolute Gasteiger partial charge is 0.534 e. The van der Waals surface area contributed by atoms with Gasteiger partial charge in [-0.1, -0.05) is 24.8 Å². The number of para-hydroxylation sites is 1. The summed E-state index contributed by atoms with van der Waals surface area (Å²) in [5.41, 5.74) is -22.8. The Labute approximate surface area is 338 Å². The summed E-state index contributed by atoms with van der Waals surface area (Å²) in [5, 5.41) is 0. The van der Waals surface area contributed by atoms with Crippen LogP contribution in [0.4, 0.5) is 45.2 Å². The molecule has 2 saturated heterocycles. The normalized spacial score (nSPS) is 18.8. The number of nitrogens with zero attached hydrogens (tertiary/aromatic N) is 1. The van der Waals surface area contributed by atoms with Gasteiger partial charge in [-0.05, 0) is 60.6 Å². The summed E-state index contributed by atoms with van der Waals surface area (Å²) in [6, 6.07) is 3.85. The first-order valence-electron chi connectivity index (χ1n) is 16.4. The summed E-state index contributed by atoms with van der Waals surface area (Å²) in [7, 11) is -19.6. The number of rotatable bonds is 11. The van der Waals surface area contributed by atoms with Gasteiger partial charge in [-0.3, -0.25) is 14.4 Å². The molecule has 0 aliphatic carbocycles. The minimum atomic E-state index is -6.81. The van der Waals surface area contributed by atoms with Crippen molar-refractivity contribution in [3.05, 3.63) is 42.7 Å². The minimum Gasteiger partial charge on any atom is -0.465 e. The summed E-state index contributed by atoms with van der Waals surface area (Å²) in [6.45, 7) is 13.3. The molecule has 0 aromatic heterocycles. The Bertz CT molecular complexity index is 1970. The molecule has 2 aliphatic rings. The van der Waals surface area contributed by atoms with E-state index in [2.05, 4.69) is 10.8 Å². The molecule has 2 heterocycles. The van der Waals surface area contributed by atoms with Gasteiger partial charge in [-0.15, -0.1) is 3.71 Å². The zero-order valence-corrected chi connectivity index (χ0v) is 34.9. The van der Waals surface area contributed by atoms with E-state index in [9.17, 15) is 79.2 Å². The Hall–Kier alpha value is -3.77. The van der Waals surface area contributed by atoms with E-state index in [1.165, 1.54) is 27.7 Å². The van der Waals surface area contributed by atoms with Gasteiger partial charge in [0, 0.05) is 0 Å². The highest BCUT2D eigenvalue weighted by Gasteiger charge is 2.62. The fraction of sp³-hybridized carbons (Fsp3) is 0.645. The third-order valence-electron chi connectivity index (χ3n) is 7.69. The van der Waals surface area contributed by atoms with E-state index in [0.717, 1.165) is 18.2 Å². The zero-order chi connectivity index (χ0) is 47.2. The predicted molar refractivity (Wildman–Crippen MR) is 185 cm³/mol. The van der Waals surface area contributed by atoms with Crippen LogP contribution in [0, 0.1) is 10.8 Å². The van der Waals surface area contributed by atoms with E-state index < -0.39 is 109 Å². The van der Waals surface area contributed by atoms with Crippen molar-refractivity contribution in [3.63, 3.8) is 0 Å². The first-order chi connectivity index (χ1) is 26.8. The van der Waals surface area contributed by atoms with Crippen molar-refractivity contribution in [1.29, 1.82) is 0 Å².